The SMILES string of the molecule is Cn1nc2c3c(c(-c4cc(F)cc5c4C(C(N)=O)=NS5(=O)=O)cc2c1CC(F)F)C(O)(c1cc(F)ccc1Cl)NC3=O. The number of amides is 2. The maximum atomic E-state index is 15.0. The van der Waals surface area contributed by atoms with Crippen molar-refractivity contribution >= 4 is 50.1 Å². The number of nitrogens with zero attached hydrogens (tertiary/aromatic N) is 3. The Labute approximate surface area is 238 Å². The Hall–Kier alpha value is -4.34. The predicted molar refractivity (Wildman–Crippen MR) is 141 cm³/mol. The molecule has 6 rings (SSSR count). The highest BCUT2D eigenvalue weighted by Gasteiger charge is 2.49. The van der Waals surface area contributed by atoms with Gasteiger partial charge in [0.2, 0.25) is 6.43 Å². The fourth-order valence-corrected chi connectivity index (χ4v) is 6.97. The van der Waals surface area contributed by atoms with Crippen molar-refractivity contribution < 1.29 is 40.7 Å². The molecule has 4 aromatic rings. The highest BCUT2D eigenvalue weighted by Crippen LogP contribution is 2.48. The van der Waals surface area contributed by atoms with E-state index in [0.717, 1.165) is 28.9 Å². The number of hydrogen-bond donors (Lipinski definition) is 3. The molecule has 0 saturated heterocycles. The minimum Gasteiger partial charge on any atom is -0.364 e. The summed E-state index contributed by atoms with van der Waals surface area (Å²) in [7, 11) is -3.27. The molecule has 16 heteroatoms. The number of alkyl halides is 2. The van der Waals surface area contributed by atoms with E-state index in [9.17, 15) is 36.3 Å². The van der Waals surface area contributed by atoms with Gasteiger partial charge in [-0.1, -0.05) is 11.6 Å². The maximum absolute atomic E-state index is 15.0. The summed E-state index contributed by atoms with van der Waals surface area (Å²) in [6.45, 7) is 0. The number of primary amides is 1. The molecule has 0 fully saturated rings. The Morgan fingerprint density at radius 2 is 1.86 bits per heavy atom. The van der Waals surface area contributed by atoms with E-state index in [4.69, 9.17) is 17.3 Å². The lowest BCUT2D eigenvalue weighted by Gasteiger charge is -2.28. The van der Waals surface area contributed by atoms with Crippen LogP contribution in [0.2, 0.25) is 5.02 Å². The van der Waals surface area contributed by atoms with Gasteiger partial charge in [-0.05, 0) is 47.5 Å². The summed E-state index contributed by atoms with van der Waals surface area (Å²) in [6.07, 6.45) is -3.68. The molecule has 1 aromatic heterocycles. The summed E-state index contributed by atoms with van der Waals surface area (Å²) >= 11 is 6.30. The molecule has 0 bridgehead atoms. The topological polar surface area (TPSA) is 157 Å². The van der Waals surface area contributed by atoms with Gasteiger partial charge in [-0.25, -0.2) is 17.6 Å². The Morgan fingerprint density at radius 3 is 2.52 bits per heavy atom. The standard InChI is InChI=1S/C26H16ClF4N5O5S/c1-36-16(8-18(30)31)13-7-12(11-4-10(29)6-17-19(11)23(24(32)37)35-42(17,40)41)21-20(22(13)34-36)25(38)33-26(21,39)14-5-9(28)2-3-15(14)27/h2-7,18,39H,8H2,1H3,(H2,32,37)(H,33,38). The van der Waals surface area contributed by atoms with Gasteiger partial charge < -0.3 is 16.2 Å². The number of halogens is 5. The number of rotatable bonds is 5. The zero-order valence-corrected chi connectivity index (χ0v) is 22.6. The largest absolute Gasteiger partial charge is 0.364 e. The van der Waals surface area contributed by atoms with E-state index in [-0.39, 0.29) is 49.4 Å². The quantitative estimate of drug-likeness (QED) is 0.291. The van der Waals surface area contributed by atoms with Crippen LogP contribution in [0, 0.1) is 11.6 Å². The number of benzene rings is 3. The third-order valence-electron chi connectivity index (χ3n) is 7.12. The van der Waals surface area contributed by atoms with Crippen LogP contribution in [0.4, 0.5) is 17.6 Å². The minimum atomic E-state index is -4.62. The zero-order chi connectivity index (χ0) is 30.5. The molecular weight excluding hydrogens is 606 g/mol. The zero-order valence-electron chi connectivity index (χ0n) is 21.0. The molecule has 2 aliphatic heterocycles. The van der Waals surface area contributed by atoms with E-state index in [0.29, 0.717) is 6.07 Å². The molecule has 0 spiro atoms. The second kappa shape index (κ2) is 9.08. The van der Waals surface area contributed by atoms with Crippen LogP contribution in [0.15, 0.2) is 45.7 Å². The molecule has 1 atom stereocenters. The molecule has 42 heavy (non-hydrogen) atoms. The lowest BCUT2D eigenvalue weighted by atomic mass is 9.83. The molecule has 4 N–H and O–H groups in total. The molecule has 216 valence electrons. The number of hydrogen-bond acceptors (Lipinski definition) is 6. The van der Waals surface area contributed by atoms with Gasteiger partial charge in [0.05, 0.1) is 17.7 Å². The normalized spacial score (nSPS) is 18.8. The average molecular weight is 622 g/mol. The fourth-order valence-electron chi connectivity index (χ4n) is 5.47. The number of sulfonamides is 1. The van der Waals surface area contributed by atoms with Crippen LogP contribution in [0.3, 0.4) is 0 Å². The number of carbonyl (C=O) groups is 2. The van der Waals surface area contributed by atoms with Crippen LogP contribution in [0.5, 0.6) is 0 Å². The first-order valence-corrected chi connectivity index (χ1v) is 13.8. The average Bonchev–Trinajstić information content (AvgIpc) is 3.46. The number of aryl methyl sites for hydroxylation is 1. The van der Waals surface area contributed by atoms with Crippen molar-refractivity contribution in [1.29, 1.82) is 0 Å². The molecule has 0 radical (unpaired) electrons. The highest BCUT2D eigenvalue weighted by atomic mass is 35.5. The number of carbonyl (C=O) groups excluding carboxylic acids is 2. The fraction of sp³-hybridized carbons (Fsp3) is 0.154. The second-order valence-corrected chi connectivity index (χ2v) is 11.6. The van der Waals surface area contributed by atoms with Crippen molar-refractivity contribution in [1.82, 2.24) is 15.1 Å². The van der Waals surface area contributed by atoms with Crippen LogP contribution in [-0.4, -0.2) is 47.3 Å². The van der Waals surface area contributed by atoms with E-state index >= 15 is 4.39 Å². The monoisotopic (exact) mass is 621 g/mol. The molecule has 2 aliphatic rings. The minimum absolute atomic E-state index is 0.0206. The molecule has 0 saturated carbocycles. The summed E-state index contributed by atoms with van der Waals surface area (Å²) in [5.74, 6) is -4.25. The van der Waals surface area contributed by atoms with Gasteiger partial charge in [0, 0.05) is 34.1 Å². The van der Waals surface area contributed by atoms with Crippen molar-refractivity contribution in [2.45, 2.75) is 23.5 Å². The lowest BCUT2D eigenvalue weighted by molar-refractivity contribution is -0.111. The maximum Gasteiger partial charge on any atom is 0.283 e. The van der Waals surface area contributed by atoms with Crippen LogP contribution >= 0.6 is 11.6 Å². The Bertz CT molecular complexity index is 2060. The van der Waals surface area contributed by atoms with Crippen molar-refractivity contribution in [3.63, 3.8) is 0 Å². The van der Waals surface area contributed by atoms with Crippen molar-refractivity contribution in [3.05, 3.63) is 81.0 Å². The van der Waals surface area contributed by atoms with Crippen LogP contribution in [0.25, 0.3) is 22.0 Å². The molecule has 10 nitrogen and oxygen atoms in total. The van der Waals surface area contributed by atoms with Crippen LogP contribution in [0.1, 0.15) is 32.7 Å². The molecule has 2 amide bonds. The third kappa shape index (κ3) is 3.91. The summed E-state index contributed by atoms with van der Waals surface area (Å²) in [4.78, 5) is 25.1. The number of aliphatic hydroxyl groups is 1. The van der Waals surface area contributed by atoms with E-state index in [1.54, 1.807) is 0 Å². The number of aromatic nitrogens is 2. The number of fused-ring (bicyclic) bond motifs is 4. The van der Waals surface area contributed by atoms with Gasteiger partial charge in [0.25, 0.3) is 21.8 Å². The van der Waals surface area contributed by atoms with Gasteiger partial charge >= 0.3 is 0 Å². The lowest BCUT2D eigenvalue weighted by Crippen LogP contribution is -2.41. The first kappa shape index (κ1) is 27.8. The number of nitrogens with one attached hydrogen (secondary N) is 1. The van der Waals surface area contributed by atoms with Crippen molar-refractivity contribution in [3.8, 4) is 11.1 Å². The molecule has 1 unspecified atom stereocenters. The summed E-state index contributed by atoms with van der Waals surface area (Å²) in [6, 6.07) is 5.54. The molecule has 3 heterocycles. The Morgan fingerprint density at radius 1 is 1.14 bits per heavy atom. The molecule has 0 aliphatic carbocycles. The molecular formula is C26H16ClF4N5O5S. The second-order valence-electron chi connectivity index (χ2n) is 9.63. The van der Waals surface area contributed by atoms with E-state index < -0.39 is 68.2 Å². The molecule has 3 aromatic carbocycles. The predicted octanol–water partition coefficient (Wildman–Crippen LogP) is 2.89. The van der Waals surface area contributed by atoms with Gasteiger partial charge in [-0.15, -0.1) is 0 Å². The van der Waals surface area contributed by atoms with Gasteiger partial charge in [-0.3, -0.25) is 14.3 Å². The summed E-state index contributed by atoms with van der Waals surface area (Å²) in [5, 5.41) is 18.3. The number of nitrogens with two attached hydrogens (primary N) is 1. The Kier molecular flexibility index (Phi) is 6.01. The third-order valence-corrected chi connectivity index (χ3v) is 8.75. The first-order chi connectivity index (χ1) is 19.6. The Balaban J connectivity index is 1.82. The van der Waals surface area contributed by atoms with E-state index in [1.807, 2.05) is 0 Å². The van der Waals surface area contributed by atoms with Crippen molar-refractivity contribution in [2.75, 3.05) is 0 Å². The van der Waals surface area contributed by atoms with Gasteiger partial charge in [-0.2, -0.15) is 17.9 Å². The van der Waals surface area contributed by atoms with E-state index in [2.05, 4.69) is 14.8 Å². The summed E-state index contributed by atoms with van der Waals surface area (Å²) in [5.41, 5.74) is -0.397. The smallest absolute Gasteiger partial charge is 0.283 e. The highest BCUT2D eigenvalue weighted by molar-refractivity contribution is 7.91. The van der Waals surface area contributed by atoms with E-state index in [1.165, 1.54) is 13.1 Å². The van der Waals surface area contributed by atoms with Crippen LogP contribution in [-0.2, 0) is 34.0 Å². The van der Waals surface area contributed by atoms with Gasteiger partial charge in [0.15, 0.2) is 11.4 Å². The van der Waals surface area contributed by atoms with Crippen molar-refractivity contribution in [2.24, 2.45) is 17.2 Å². The first-order valence-electron chi connectivity index (χ1n) is 11.9. The summed E-state index contributed by atoms with van der Waals surface area (Å²) < 4.78 is 86.6. The van der Waals surface area contributed by atoms with Gasteiger partial charge in [0.1, 0.15) is 22.0 Å². The van der Waals surface area contributed by atoms with Crippen LogP contribution < -0.4 is 11.1 Å².